The molecular formula is C19H21FN2O2. The standard InChI is InChI=1S/C19H21FN2O2/c20-16-8-6-15(7-9-16)18(23)13-22-11-10-21-19(24)12-17(22)14-4-2-1-3-5-14/h1-9,17-18,23H,10-13H2,(H,21,24). The van der Waals surface area contributed by atoms with Crippen molar-refractivity contribution in [2.75, 3.05) is 19.6 Å². The summed E-state index contributed by atoms with van der Waals surface area (Å²) in [7, 11) is 0. The number of aliphatic hydroxyl groups excluding tert-OH is 1. The molecule has 1 heterocycles. The summed E-state index contributed by atoms with van der Waals surface area (Å²) >= 11 is 0. The van der Waals surface area contributed by atoms with Crippen molar-refractivity contribution in [2.45, 2.75) is 18.6 Å². The van der Waals surface area contributed by atoms with Crippen molar-refractivity contribution < 1.29 is 14.3 Å². The predicted molar refractivity (Wildman–Crippen MR) is 89.7 cm³/mol. The van der Waals surface area contributed by atoms with Gasteiger partial charge in [0.2, 0.25) is 5.91 Å². The minimum absolute atomic E-state index is 0.0163. The van der Waals surface area contributed by atoms with Crippen LogP contribution in [-0.2, 0) is 4.79 Å². The fourth-order valence-corrected chi connectivity index (χ4v) is 3.11. The molecule has 1 fully saturated rings. The maximum Gasteiger partial charge on any atom is 0.221 e. The normalized spacial score (nSPS) is 20.2. The number of nitrogens with one attached hydrogen (secondary N) is 1. The van der Waals surface area contributed by atoms with Gasteiger partial charge in [0.25, 0.3) is 0 Å². The molecule has 1 aliphatic heterocycles. The Kier molecular flexibility index (Phi) is 5.23. The van der Waals surface area contributed by atoms with Crippen LogP contribution >= 0.6 is 0 Å². The van der Waals surface area contributed by atoms with Crippen molar-refractivity contribution in [3.05, 3.63) is 71.5 Å². The number of halogens is 1. The first-order chi connectivity index (χ1) is 11.6. The van der Waals surface area contributed by atoms with Crippen LogP contribution in [0.5, 0.6) is 0 Å². The highest BCUT2D eigenvalue weighted by Crippen LogP contribution is 2.28. The Morgan fingerprint density at radius 2 is 1.88 bits per heavy atom. The third-order valence-corrected chi connectivity index (χ3v) is 4.39. The largest absolute Gasteiger partial charge is 0.387 e. The van der Waals surface area contributed by atoms with Crippen LogP contribution < -0.4 is 5.32 Å². The molecule has 0 aromatic heterocycles. The molecule has 2 N–H and O–H groups in total. The Hall–Kier alpha value is -2.24. The molecular weight excluding hydrogens is 307 g/mol. The maximum absolute atomic E-state index is 13.1. The third kappa shape index (κ3) is 3.99. The zero-order valence-electron chi connectivity index (χ0n) is 13.4. The molecule has 4 nitrogen and oxygen atoms in total. The van der Waals surface area contributed by atoms with Gasteiger partial charge in [-0.1, -0.05) is 42.5 Å². The van der Waals surface area contributed by atoms with Crippen LogP contribution in [0, 0.1) is 5.82 Å². The van der Waals surface area contributed by atoms with Crippen LogP contribution in [0.4, 0.5) is 4.39 Å². The van der Waals surface area contributed by atoms with Gasteiger partial charge in [0.1, 0.15) is 5.82 Å². The van der Waals surface area contributed by atoms with Crippen molar-refractivity contribution in [1.82, 2.24) is 10.2 Å². The van der Waals surface area contributed by atoms with Gasteiger partial charge in [-0.15, -0.1) is 0 Å². The fourth-order valence-electron chi connectivity index (χ4n) is 3.11. The number of rotatable bonds is 4. The van der Waals surface area contributed by atoms with E-state index in [1.807, 2.05) is 30.3 Å². The Balaban J connectivity index is 1.79. The average Bonchev–Trinajstić information content (AvgIpc) is 2.78. The van der Waals surface area contributed by atoms with E-state index < -0.39 is 6.10 Å². The number of nitrogens with zero attached hydrogens (tertiary/aromatic N) is 1. The summed E-state index contributed by atoms with van der Waals surface area (Å²) in [6, 6.07) is 15.7. The lowest BCUT2D eigenvalue weighted by Gasteiger charge is -2.31. The zero-order chi connectivity index (χ0) is 16.9. The van der Waals surface area contributed by atoms with E-state index in [0.29, 0.717) is 31.6 Å². The smallest absolute Gasteiger partial charge is 0.221 e. The summed E-state index contributed by atoms with van der Waals surface area (Å²) in [6.07, 6.45) is -0.370. The molecule has 2 aromatic carbocycles. The molecule has 0 saturated carbocycles. The summed E-state index contributed by atoms with van der Waals surface area (Å²) in [5, 5.41) is 13.4. The second-order valence-electron chi connectivity index (χ2n) is 6.04. The first-order valence-corrected chi connectivity index (χ1v) is 8.12. The molecule has 1 amide bonds. The number of hydrogen-bond donors (Lipinski definition) is 2. The molecule has 1 saturated heterocycles. The molecule has 2 aromatic rings. The van der Waals surface area contributed by atoms with E-state index in [1.54, 1.807) is 12.1 Å². The number of hydrogen-bond acceptors (Lipinski definition) is 3. The Morgan fingerprint density at radius 1 is 1.17 bits per heavy atom. The van der Waals surface area contributed by atoms with Gasteiger partial charge >= 0.3 is 0 Å². The summed E-state index contributed by atoms with van der Waals surface area (Å²) in [6.45, 7) is 1.60. The minimum atomic E-state index is -0.731. The molecule has 5 heteroatoms. The molecule has 3 rings (SSSR count). The lowest BCUT2D eigenvalue weighted by atomic mass is 10.0. The Morgan fingerprint density at radius 3 is 2.58 bits per heavy atom. The van der Waals surface area contributed by atoms with Gasteiger partial charge in [-0.25, -0.2) is 4.39 Å². The Labute approximate surface area is 140 Å². The van der Waals surface area contributed by atoms with Crippen LogP contribution in [0.25, 0.3) is 0 Å². The summed E-state index contributed by atoms with van der Waals surface area (Å²) in [4.78, 5) is 14.1. The molecule has 24 heavy (non-hydrogen) atoms. The highest BCUT2D eigenvalue weighted by Gasteiger charge is 2.27. The van der Waals surface area contributed by atoms with Gasteiger partial charge < -0.3 is 10.4 Å². The van der Waals surface area contributed by atoms with Gasteiger partial charge in [-0.2, -0.15) is 0 Å². The van der Waals surface area contributed by atoms with Gasteiger partial charge in [-0.3, -0.25) is 9.69 Å². The summed E-state index contributed by atoms with van der Waals surface area (Å²) in [5.41, 5.74) is 1.73. The van der Waals surface area contributed by atoms with Crippen molar-refractivity contribution in [1.29, 1.82) is 0 Å². The van der Waals surface area contributed by atoms with Crippen LogP contribution in [-0.4, -0.2) is 35.5 Å². The third-order valence-electron chi connectivity index (χ3n) is 4.39. The number of carbonyl (C=O) groups excluding carboxylic acids is 1. The SMILES string of the molecule is O=C1CC(c2ccccc2)N(CC(O)c2ccc(F)cc2)CCN1. The number of aliphatic hydroxyl groups is 1. The van der Waals surface area contributed by atoms with Crippen LogP contribution in [0.2, 0.25) is 0 Å². The number of amides is 1. The van der Waals surface area contributed by atoms with Gasteiger partial charge in [0.15, 0.2) is 0 Å². The van der Waals surface area contributed by atoms with Gasteiger partial charge in [0, 0.05) is 32.1 Å². The Bertz CT molecular complexity index is 676. The van der Waals surface area contributed by atoms with E-state index in [9.17, 15) is 14.3 Å². The van der Waals surface area contributed by atoms with Gasteiger partial charge in [0.05, 0.1) is 6.10 Å². The topological polar surface area (TPSA) is 52.6 Å². The first-order valence-electron chi connectivity index (χ1n) is 8.12. The molecule has 0 bridgehead atoms. The number of carbonyl (C=O) groups is 1. The number of benzene rings is 2. The molecule has 126 valence electrons. The van der Waals surface area contributed by atoms with E-state index >= 15 is 0 Å². The second-order valence-corrected chi connectivity index (χ2v) is 6.04. The lowest BCUT2D eigenvalue weighted by Crippen LogP contribution is -2.34. The molecule has 1 aliphatic rings. The highest BCUT2D eigenvalue weighted by molar-refractivity contribution is 5.77. The maximum atomic E-state index is 13.1. The highest BCUT2D eigenvalue weighted by atomic mass is 19.1. The molecule has 2 atom stereocenters. The van der Waals surface area contributed by atoms with E-state index in [2.05, 4.69) is 10.2 Å². The van der Waals surface area contributed by atoms with Crippen molar-refractivity contribution in [3.8, 4) is 0 Å². The van der Waals surface area contributed by atoms with E-state index in [0.717, 1.165) is 5.56 Å². The van der Waals surface area contributed by atoms with Crippen LogP contribution in [0.1, 0.15) is 29.7 Å². The van der Waals surface area contributed by atoms with Crippen molar-refractivity contribution in [3.63, 3.8) is 0 Å². The fraction of sp³-hybridized carbons (Fsp3) is 0.316. The van der Waals surface area contributed by atoms with E-state index in [4.69, 9.17) is 0 Å². The second kappa shape index (κ2) is 7.55. The van der Waals surface area contributed by atoms with Crippen molar-refractivity contribution in [2.24, 2.45) is 0 Å². The molecule has 0 aliphatic carbocycles. The predicted octanol–water partition coefficient (Wildman–Crippen LogP) is 2.42. The summed E-state index contributed by atoms with van der Waals surface area (Å²) in [5.74, 6) is -0.305. The minimum Gasteiger partial charge on any atom is -0.387 e. The average molecular weight is 328 g/mol. The van der Waals surface area contributed by atoms with Crippen molar-refractivity contribution >= 4 is 5.91 Å². The van der Waals surface area contributed by atoms with Gasteiger partial charge in [-0.05, 0) is 23.3 Å². The van der Waals surface area contributed by atoms with Crippen LogP contribution in [0.15, 0.2) is 54.6 Å². The molecule has 0 spiro atoms. The van der Waals surface area contributed by atoms with Crippen LogP contribution in [0.3, 0.4) is 0 Å². The molecule has 0 radical (unpaired) electrons. The van der Waals surface area contributed by atoms with E-state index in [-0.39, 0.29) is 17.8 Å². The number of β-amino-alcohol motifs (C(OH)–C–C–N with tert-alkyl or cyclic N) is 1. The quantitative estimate of drug-likeness (QED) is 0.906. The zero-order valence-corrected chi connectivity index (χ0v) is 13.4. The summed E-state index contributed by atoms with van der Waals surface area (Å²) < 4.78 is 13.1. The molecule has 2 unspecified atom stereocenters. The lowest BCUT2D eigenvalue weighted by molar-refractivity contribution is -0.121. The first kappa shape index (κ1) is 16.6. The van der Waals surface area contributed by atoms with E-state index in [1.165, 1.54) is 12.1 Å². The monoisotopic (exact) mass is 328 g/mol.